The number of carbonyl (C=O) groups excluding carboxylic acids is 1. The number of aromatic nitrogens is 1. The first-order chi connectivity index (χ1) is 11.6. The van der Waals surface area contributed by atoms with E-state index >= 15 is 0 Å². The zero-order valence-electron chi connectivity index (χ0n) is 15.6. The minimum absolute atomic E-state index is 0.265. The fourth-order valence-corrected chi connectivity index (χ4v) is 2.60. The summed E-state index contributed by atoms with van der Waals surface area (Å²) in [7, 11) is 0. The number of pyridine rings is 1. The molecule has 0 N–H and O–H groups in total. The first kappa shape index (κ1) is 20.4. The molecule has 3 heteroatoms. The molecule has 0 amide bonds. The Labute approximate surface area is 147 Å². The summed E-state index contributed by atoms with van der Waals surface area (Å²) in [6.07, 6.45) is 15.6. The zero-order chi connectivity index (χ0) is 17.6. The fourth-order valence-electron chi connectivity index (χ4n) is 2.60. The molecule has 0 saturated heterocycles. The Hall–Kier alpha value is -1.64. The number of nitrogens with zero attached hydrogens (tertiary/aromatic N) is 1. The molecule has 24 heavy (non-hydrogen) atoms. The van der Waals surface area contributed by atoms with Crippen LogP contribution in [0.3, 0.4) is 0 Å². The van der Waals surface area contributed by atoms with Crippen LogP contribution in [0.5, 0.6) is 0 Å². The van der Waals surface area contributed by atoms with Crippen molar-refractivity contribution in [2.75, 3.05) is 6.61 Å². The molecule has 0 aliphatic carbocycles. The summed E-state index contributed by atoms with van der Waals surface area (Å²) in [6.45, 7) is 9.03. The van der Waals surface area contributed by atoms with E-state index in [-0.39, 0.29) is 5.97 Å². The molecule has 0 atom stereocenters. The maximum Gasteiger partial charge on any atom is 0.333 e. The highest BCUT2D eigenvalue weighted by Crippen LogP contribution is 2.10. The average molecular weight is 333 g/mol. The van der Waals surface area contributed by atoms with Crippen molar-refractivity contribution in [3.63, 3.8) is 0 Å². The van der Waals surface area contributed by atoms with Crippen LogP contribution >= 0.6 is 0 Å². The third kappa shape index (κ3) is 10.2. The van der Waals surface area contributed by atoms with Crippen LogP contribution in [0.1, 0.15) is 70.3 Å². The average Bonchev–Trinajstić information content (AvgIpc) is 2.57. The predicted octanol–water partition coefficient (Wildman–Crippen LogP) is 4.91. The van der Waals surface area contributed by atoms with Crippen LogP contribution in [0.15, 0.2) is 36.7 Å². The van der Waals surface area contributed by atoms with Crippen molar-refractivity contribution >= 4 is 5.97 Å². The van der Waals surface area contributed by atoms with Crippen LogP contribution in [-0.2, 0) is 16.1 Å². The Balaban J connectivity index is 1.83. The maximum absolute atomic E-state index is 11.2. The molecular weight excluding hydrogens is 298 g/mol. The predicted molar refractivity (Wildman–Crippen MR) is 98.7 cm³/mol. The van der Waals surface area contributed by atoms with E-state index in [1.54, 1.807) is 6.92 Å². The summed E-state index contributed by atoms with van der Waals surface area (Å²) in [6, 6.07) is 4.33. The molecule has 0 aromatic carbocycles. The topological polar surface area (TPSA) is 30.2 Å². The van der Waals surface area contributed by atoms with Gasteiger partial charge in [0.25, 0.3) is 0 Å². The number of aryl methyl sites for hydroxylation is 2. The van der Waals surface area contributed by atoms with Gasteiger partial charge in [0.1, 0.15) is 6.54 Å². The van der Waals surface area contributed by atoms with E-state index in [0.717, 1.165) is 19.4 Å². The van der Waals surface area contributed by atoms with Crippen molar-refractivity contribution < 1.29 is 14.1 Å². The molecule has 0 unspecified atom stereocenters. The molecule has 0 bridgehead atoms. The van der Waals surface area contributed by atoms with Gasteiger partial charge in [0.05, 0.1) is 6.61 Å². The van der Waals surface area contributed by atoms with E-state index in [1.165, 1.54) is 50.5 Å². The lowest BCUT2D eigenvalue weighted by Crippen LogP contribution is -2.32. The number of hydrogen-bond acceptors (Lipinski definition) is 2. The van der Waals surface area contributed by atoms with Crippen molar-refractivity contribution in [2.45, 2.75) is 78.2 Å². The minimum atomic E-state index is -0.265. The quantitative estimate of drug-likeness (QED) is 0.222. The second kappa shape index (κ2) is 12.7. The van der Waals surface area contributed by atoms with Gasteiger partial charge in [-0.05, 0) is 32.3 Å². The monoisotopic (exact) mass is 332 g/mol. The molecule has 0 spiro atoms. The standard InChI is InChI=1S/C21H34NO2/c1-19(2)21(23)24-18-12-10-8-6-4-5-7-9-11-15-22-16-13-20(3)14-17-22/h13-14,16-17H,1,4-12,15,18H2,2-3H3/q+1. The van der Waals surface area contributed by atoms with Crippen LogP contribution in [0, 0.1) is 6.92 Å². The van der Waals surface area contributed by atoms with Gasteiger partial charge in [-0.25, -0.2) is 9.36 Å². The molecule has 1 heterocycles. The largest absolute Gasteiger partial charge is 0.462 e. The highest BCUT2D eigenvalue weighted by molar-refractivity contribution is 5.86. The number of esters is 1. The summed E-state index contributed by atoms with van der Waals surface area (Å²) in [5, 5.41) is 0. The van der Waals surface area contributed by atoms with E-state index in [2.05, 4.69) is 42.6 Å². The lowest BCUT2D eigenvalue weighted by atomic mass is 10.1. The molecule has 3 nitrogen and oxygen atoms in total. The lowest BCUT2D eigenvalue weighted by Gasteiger charge is -2.04. The molecule has 1 aromatic heterocycles. The minimum Gasteiger partial charge on any atom is -0.462 e. The SMILES string of the molecule is C=C(C)C(=O)OCCCCCCCCCCC[n+]1ccc(C)cc1. The van der Waals surface area contributed by atoms with Crippen molar-refractivity contribution in [3.8, 4) is 0 Å². The van der Waals surface area contributed by atoms with Gasteiger partial charge in [0.15, 0.2) is 12.4 Å². The van der Waals surface area contributed by atoms with Crippen molar-refractivity contribution in [2.24, 2.45) is 0 Å². The van der Waals surface area contributed by atoms with Crippen LogP contribution in [0.4, 0.5) is 0 Å². The summed E-state index contributed by atoms with van der Waals surface area (Å²) in [5.41, 5.74) is 1.80. The smallest absolute Gasteiger partial charge is 0.333 e. The van der Waals surface area contributed by atoms with Gasteiger partial charge in [-0.15, -0.1) is 0 Å². The van der Waals surface area contributed by atoms with Gasteiger partial charge in [0.2, 0.25) is 0 Å². The maximum atomic E-state index is 11.2. The van der Waals surface area contributed by atoms with Crippen LogP contribution in [0.25, 0.3) is 0 Å². The molecule has 0 radical (unpaired) electrons. The van der Waals surface area contributed by atoms with Gasteiger partial charge in [0, 0.05) is 24.1 Å². The highest BCUT2D eigenvalue weighted by atomic mass is 16.5. The van der Waals surface area contributed by atoms with E-state index < -0.39 is 0 Å². The summed E-state index contributed by atoms with van der Waals surface area (Å²) < 4.78 is 7.35. The Morgan fingerprint density at radius 1 is 0.958 bits per heavy atom. The van der Waals surface area contributed by atoms with Crippen molar-refractivity contribution in [3.05, 3.63) is 42.2 Å². The highest BCUT2D eigenvalue weighted by Gasteiger charge is 2.02. The Bertz CT molecular complexity index is 479. The van der Waals surface area contributed by atoms with E-state index in [9.17, 15) is 4.79 Å². The third-order valence-electron chi connectivity index (χ3n) is 4.20. The number of rotatable bonds is 13. The van der Waals surface area contributed by atoms with Gasteiger partial charge < -0.3 is 4.74 Å². The molecule has 0 saturated carbocycles. The fraction of sp³-hybridized carbons (Fsp3) is 0.619. The first-order valence-corrected chi connectivity index (χ1v) is 9.38. The number of hydrogen-bond donors (Lipinski definition) is 0. The molecule has 134 valence electrons. The van der Waals surface area contributed by atoms with Gasteiger partial charge in [-0.3, -0.25) is 0 Å². The molecule has 0 aliphatic rings. The van der Waals surface area contributed by atoms with Crippen LogP contribution in [-0.4, -0.2) is 12.6 Å². The second-order valence-electron chi connectivity index (χ2n) is 6.71. The zero-order valence-corrected chi connectivity index (χ0v) is 15.6. The summed E-state index contributed by atoms with van der Waals surface area (Å²) in [4.78, 5) is 11.2. The number of carbonyl (C=O) groups is 1. The second-order valence-corrected chi connectivity index (χ2v) is 6.71. The van der Waals surface area contributed by atoms with Gasteiger partial charge in [-0.1, -0.05) is 45.1 Å². The Kier molecular flexibility index (Phi) is 10.8. The Morgan fingerprint density at radius 3 is 2.00 bits per heavy atom. The van der Waals surface area contributed by atoms with Crippen molar-refractivity contribution in [1.82, 2.24) is 0 Å². The van der Waals surface area contributed by atoms with E-state index in [4.69, 9.17) is 4.74 Å². The first-order valence-electron chi connectivity index (χ1n) is 9.38. The van der Waals surface area contributed by atoms with Crippen LogP contribution in [0.2, 0.25) is 0 Å². The summed E-state index contributed by atoms with van der Waals surface area (Å²) >= 11 is 0. The summed E-state index contributed by atoms with van der Waals surface area (Å²) in [5.74, 6) is -0.265. The van der Waals surface area contributed by atoms with Gasteiger partial charge >= 0.3 is 5.97 Å². The van der Waals surface area contributed by atoms with Gasteiger partial charge in [-0.2, -0.15) is 0 Å². The normalized spacial score (nSPS) is 10.6. The third-order valence-corrected chi connectivity index (χ3v) is 4.20. The Morgan fingerprint density at radius 2 is 1.46 bits per heavy atom. The van der Waals surface area contributed by atoms with E-state index in [1.807, 2.05) is 0 Å². The van der Waals surface area contributed by atoms with E-state index in [0.29, 0.717) is 12.2 Å². The number of unbranched alkanes of at least 4 members (excludes halogenated alkanes) is 8. The molecule has 1 rings (SSSR count). The molecular formula is C21H34NO2+. The molecule has 0 fully saturated rings. The lowest BCUT2D eigenvalue weighted by molar-refractivity contribution is -0.697. The molecule has 1 aromatic rings. The number of ether oxygens (including phenoxy) is 1. The molecule has 0 aliphatic heterocycles. The van der Waals surface area contributed by atoms with Crippen LogP contribution < -0.4 is 4.57 Å². The van der Waals surface area contributed by atoms with Crippen molar-refractivity contribution in [1.29, 1.82) is 0 Å².